The number of hydrogen-bond acceptors (Lipinski definition) is 4. The van der Waals surface area contributed by atoms with Crippen molar-refractivity contribution in [2.24, 2.45) is 0 Å². The van der Waals surface area contributed by atoms with E-state index in [1.165, 1.54) is 10.4 Å². The number of fused-ring (bicyclic) bond motifs is 1. The zero-order valence-electron chi connectivity index (χ0n) is 16.7. The van der Waals surface area contributed by atoms with Gasteiger partial charge in [-0.25, -0.2) is 8.42 Å². The maximum Gasteiger partial charge on any atom is 0.243 e. The molecule has 0 radical (unpaired) electrons. The molecule has 7 heteroatoms. The van der Waals surface area contributed by atoms with Crippen LogP contribution in [0, 0.1) is 0 Å². The van der Waals surface area contributed by atoms with Gasteiger partial charge < -0.3 is 10.6 Å². The van der Waals surface area contributed by atoms with Crippen molar-refractivity contribution in [2.75, 3.05) is 30.3 Å². The van der Waals surface area contributed by atoms with Crippen molar-refractivity contribution in [1.29, 1.82) is 0 Å². The fraction of sp³-hybridized carbons (Fsp3) is 0.261. The van der Waals surface area contributed by atoms with Crippen LogP contribution in [0.15, 0.2) is 71.6 Å². The number of carbonyl (C=O) groups is 1. The monoisotopic (exact) mass is 423 g/mol. The number of amides is 1. The number of sulfonamides is 1. The Morgan fingerprint density at radius 2 is 1.60 bits per heavy atom. The predicted molar refractivity (Wildman–Crippen MR) is 120 cm³/mol. The first-order valence-electron chi connectivity index (χ1n) is 10.2. The minimum Gasteiger partial charge on any atom is -0.376 e. The maximum atomic E-state index is 12.8. The van der Waals surface area contributed by atoms with E-state index >= 15 is 0 Å². The molecule has 1 amide bonds. The minimum absolute atomic E-state index is 0.0848. The van der Waals surface area contributed by atoms with Crippen LogP contribution in [-0.2, 0) is 14.8 Å². The largest absolute Gasteiger partial charge is 0.376 e. The van der Waals surface area contributed by atoms with Gasteiger partial charge in [0.25, 0.3) is 0 Å². The Bertz CT molecular complexity index is 1160. The molecular weight excluding hydrogens is 398 g/mol. The Hall–Kier alpha value is -2.90. The number of nitrogens with zero attached hydrogens (tertiary/aromatic N) is 1. The van der Waals surface area contributed by atoms with E-state index in [4.69, 9.17) is 0 Å². The van der Waals surface area contributed by atoms with Crippen LogP contribution in [0.3, 0.4) is 0 Å². The van der Waals surface area contributed by atoms with Crippen LogP contribution in [0.25, 0.3) is 10.8 Å². The number of rotatable bonds is 6. The molecule has 0 spiro atoms. The molecule has 1 fully saturated rings. The van der Waals surface area contributed by atoms with Crippen LogP contribution in [0.2, 0.25) is 0 Å². The van der Waals surface area contributed by atoms with Crippen LogP contribution in [0.4, 0.5) is 11.4 Å². The highest BCUT2D eigenvalue weighted by atomic mass is 32.2. The lowest BCUT2D eigenvalue weighted by molar-refractivity contribution is -0.114. The van der Waals surface area contributed by atoms with Gasteiger partial charge >= 0.3 is 0 Å². The van der Waals surface area contributed by atoms with Gasteiger partial charge in [-0.15, -0.1) is 0 Å². The Morgan fingerprint density at radius 3 is 2.40 bits per heavy atom. The molecule has 1 saturated heterocycles. The third-order valence-electron chi connectivity index (χ3n) is 5.27. The molecule has 4 rings (SSSR count). The van der Waals surface area contributed by atoms with E-state index in [2.05, 4.69) is 10.6 Å². The van der Waals surface area contributed by atoms with Gasteiger partial charge in [0.2, 0.25) is 15.9 Å². The molecular formula is C23H25N3O3S. The molecule has 0 bridgehead atoms. The van der Waals surface area contributed by atoms with E-state index in [9.17, 15) is 13.2 Å². The lowest BCUT2D eigenvalue weighted by Crippen LogP contribution is -2.35. The van der Waals surface area contributed by atoms with Gasteiger partial charge in [0.1, 0.15) is 0 Å². The van der Waals surface area contributed by atoms with Gasteiger partial charge in [-0.1, -0.05) is 42.8 Å². The third-order valence-corrected chi connectivity index (χ3v) is 7.17. The lowest BCUT2D eigenvalue weighted by atomic mass is 10.1. The second-order valence-electron chi connectivity index (χ2n) is 7.46. The first kappa shape index (κ1) is 20.4. The van der Waals surface area contributed by atoms with Crippen molar-refractivity contribution < 1.29 is 13.2 Å². The average molecular weight is 424 g/mol. The predicted octanol–water partition coefficient (Wildman–Crippen LogP) is 4.07. The molecule has 0 aromatic heterocycles. The third kappa shape index (κ3) is 4.63. The van der Waals surface area contributed by atoms with Crippen molar-refractivity contribution >= 4 is 38.1 Å². The molecule has 0 saturated carbocycles. The smallest absolute Gasteiger partial charge is 0.243 e. The van der Waals surface area contributed by atoms with E-state index in [-0.39, 0.29) is 17.3 Å². The van der Waals surface area contributed by atoms with Crippen LogP contribution in [-0.4, -0.2) is 38.3 Å². The van der Waals surface area contributed by atoms with Crippen LogP contribution >= 0.6 is 0 Å². The molecule has 1 aliphatic heterocycles. The molecule has 1 aliphatic rings. The van der Waals surface area contributed by atoms with Crippen molar-refractivity contribution in [1.82, 2.24) is 4.31 Å². The fourth-order valence-corrected chi connectivity index (χ4v) is 5.24. The summed E-state index contributed by atoms with van der Waals surface area (Å²) in [7, 11) is -3.53. The second-order valence-corrected chi connectivity index (χ2v) is 9.39. The molecule has 0 unspecified atom stereocenters. The number of nitrogens with one attached hydrogen (secondary N) is 2. The number of hydrogen-bond donors (Lipinski definition) is 2. The first-order valence-corrected chi connectivity index (χ1v) is 11.6. The van der Waals surface area contributed by atoms with Gasteiger partial charge in [0.15, 0.2) is 0 Å². The van der Waals surface area contributed by atoms with Gasteiger partial charge in [0, 0.05) is 24.5 Å². The highest BCUT2D eigenvalue weighted by Gasteiger charge is 2.26. The summed E-state index contributed by atoms with van der Waals surface area (Å²) in [5.41, 5.74) is 1.32. The van der Waals surface area contributed by atoms with E-state index in [0.717, 1.165) is 35.7 Å². The Balaban J connectivity index is 1.40. The first-order chi connectivity index (χ1) is 14.5. The van der Waals surface area contributed by atoms with E-state index < -0.39 is 10.0 Å². The number of carbonyl (C=O) groups excluding carboxylic acids is 1. The zero-order valence-corrected chi connectivity index (χ0v) is 17.5. The molecule has 0 aliphatic carbocycles. The van der Waals surface area contributed by atoms with Crippen molar-refractivity contribution in [2.45, 2.75) is 24.2 Å². The SMILES string of the molecule is O=C(CNc1ccc2ccccc2c1)Nc1cccc(S(=O)(=O)N2CCCCC2)c1. The van der Waals surface area contributed by atoms with Gasteiger partial charge in [-0.3, -0.25) is 4.79 Å². The van der Waals surface area contributed by atoms with Gasteiger partial charge in [0.05, 0.1) is 11.4 Å². The quantitative estimate of drug-likeness (QED) is 0.627. The van der Waals surface area contributed by atoms with Crippen molar-refractivity contribution in [3.05, 3.63) is 66.7 Å². The number of anilines is 2. The number of benzene rings is 3. The molecule has 3 aromatic rings. The highest BCUT2D eigenvalue weighted by molar-refractivity contribution is 7.89. The Morgan fingerprint density at radius 1 is 0.833 bits per heavy atom. The summed E-state index contributed by atoms with van der Waals surface area (Å²) in [6, 6.07) is 20.4. The zero-order chi connectivity index (χ0) is 21.0. The minimum atomic E-state index is -3.53. The second kappa shape index (κ2) is 8.85. The van der Waals surface area contributed by atoms with Crippen molar-refractivity contribution in [3.63, 3.8) is 0 Å². The van der Waals surface area contributed by atoms with Gasteiger partial charge in [-0.05, 0) is 53.9 Å². The van der Waals surface area contributed by atoms with Gasteiger partial charge in [-0.2, -0.15) is 4.31 Å². The van der Waals surface area contributed by atoms with E-state index in [1.807, 2.05) is 42.5 Å². The van der Waals surface area contributed by atoms with E-state index in [1.54, 1.807) is 18.2 Å². The summed E-state index contributed by atoms with van der Waals surface area (Å²) in [6.07, 6.45) is 2.83. The summed E-state index contributed by atoms with van der Waals surface area (Å²) >= 11 is 0. The summed E-state index contributed by atoms with van der Waals surface area (Å²) in [5, 5.41) is 8.13. The maximum absolute atomic E-state index is 12.8. The molecule has 3 aromatic carbocycles. The summed E-state index contributed by atoms with van der Waals surface area (Å²) in [6.45, 7) is 1.19. The molecule has 2 N–H and O–H groups in total. The molecule has 30 heavy (non-hydrogen) atoms. The van der Waals surface area contributed by atoms with Crippen molar-refractivity contribution in [3.8, 4) is 0 Å². The highest BCUT2D eigenvalue weighted by Crippen LogP contribution is 2.23. The normalized spacial score (nSPS) is 15.1. The summed E-state index contributed by atoms with van der Waals surface area (Å²) < 4.78 is 27.2. The topological polar surface area (TPSA) is 78.5 Å². The summed E-state index contributed by atoms with van der Waals surface area (Å²) in [5.74, 6) is -0.240. The van der Waals surface area contributed by atoms with Crippen LogP contribution in [0.5, 0.6) is 0 Å². The lowest BCUT2D eigenvalue weighted by Gasteiger charge is -2.26. The molecule has 0 atom stereocenters. The Kier molecular flexibility index (Phi) is 6.01. The standard InChI is InChI=1S/C23H25N3O3S/c27-23(17-24-20-12-11-18-7-2-3-8-19(18)15-20)25-21-9-6-10-22(16-21)30(28,29)26-13-4-1-5-14-26/h2-3,6-12,15-16,24H,1,4-5,13-14,17H2,(H,25,27). The Labute approximate surface area is 177 Å². The fourth-order valence-electron chi connectivity index (χ4n) is 3.68. The van der Waals surface area contributed by atoms with Crippen LogP contribution in [0.1, 0.15) is 19.3 Å². The summed E-state index contributed by atoms with van der Waals surface area (Å²) in [4.78, 5) is 12.6. The van der Waals surface area contributed by atoms with Crippen LogP contribution < -0.4 is 10.6 Å². The molecule has 156 valence electrons. The van der Waals surface area contributed by atoms with E-state index in [0.29, 0.717) is 18.8 Å². The molecule has 1 heterocycles. The average Bonchev–Trinajstić information content (AvgIpc) is 2.78. The number of piperidine rings is 1. The molecule has 6 nitrogen and oxygen atoms in total.